The number of allylic oxidation sites excluding steroid dienone is 1. The van der Waals surface area contributed by atoms with Crippen LogP contribution in [0.15, 0.2) is 42.7 Å². The number of carbonyl (C=O) groups excluding carboxylic acids is 2. The summed E-state index contributed by atoms with van der Waals surface area (Å²) in [6.07, 6.45) is 9.79. The predicted molar refractivity (Wildman–Crippen MR) is 181 cm³/mol. The number of methoxy groups -OCH3 is 1. The topological polar surface area (TPSA) is 84.6 Å². The molecule has 242 valence electrons. The lowest BCUT2D eigenvalue weighted by molar-refractivity contribution is 0.00693. The molecule has 0 amide bonds. The number of hydrogen-bond donors (Lipinski definition) is 0. The largest absolute Gasteiger partial charge is 0.497 e. The van der Waals surface area contributed by atoms with Crippen molar-refractivity contribution in [2.45, 2.75) is 97.8 Å². The van der Waals surface area contributed by atoms with Crippen LogP contribution in [0.1, 0.15) is 123 Å². The van der Waals surface area contributed by atoms with Crippen LogP contribution < -0.4 is 4.74 Å². The predicted octanol–water partition coefficient (Wildman–Crippen LogP) is 8.83. The van der Waals surface area contributed by atoms with Crippen LogP contribution in [0.5, 0.6) is 5.75 Å². The molecule has 3 heterocycles. The molecule has 46 heavy (non-hydrogen) atoms. The third-order valence-corrected chi connectivity index (χ3v) is 9.05. The lowest BCUT2D eigenvalue weighted by atomic mass is 9.81. The smallest absolute Gasteiger partial charge is 0.359 e. The summed E-state index contributed by atoms with van der Waals surface area (Å²) in [5.41, 5.74) is 7.43. The van der Waals surface area contributed by atoms with Crippen molar-refractivity contribution in [2.75, 3.05) is 13.7 Å². The Bertz CT molecular complexity index is 1830. The molecular weight excluding hydrogens is 578 g/mol. The molecular formula is C38H45N3O5. The van der Waals surface area contributed by atoms with Crippen molar-refractivity contribution in [3.8, 4) is 17.0 Å². The Morgan fingerprint density at radius 1 is 1.00 bits per heavy atom. The number of ether oxygens (including phenoxy) is 3. The van der Waals surface area contributed by atoms with Gasteiger partial charge in [-0.2, -0.15) is 0 Å². The Kier molecular flexibility index (Phi) is 8.57. The van der Waals surface area contributed by atoms with Gasteiger partial charge in [0.15, 0.2) is 5.69 Å². The molecule has 0 bridgehead atoms. The van der Waals surface area contributed by atoms with Gasteiger partial charge in [0.25, 0.3) is 0 Å². The third-order valence-electron chi connectivity index (χ3n) is 9.05. The van der Waals surface area contributed by atoms with Crippen LogP contribution >= 0.6 is 0 Å². The molecule has 8 nitrogen and oxygen atoms in total. The molecule has 1 saturated carbocycles. The number of hydrogen-bond acceptors (Lipinski definition) is 6. The van der Waals surface area contributed by atoms with Crippen LogP contribution in [0.3, 0.4) is 0 Å². The maximum Gasteiger partial charge on any atom is 0.359 e. The van der Waals surface area contributed by atoms with E-state index in [0.717, 1.165) is 57.6 Å². The Morgan fingerprint density at radius 3 is 2.43 bits per heavy atom. The lowest BCUT2D eigenvalue weighted by Crippen LogP contribution is -2.23. The average Bonchev–Trinajstić information content (AvgIpc) is 3.56. The minimum atomic E-state index is -0.609. The summed E-state index contributed by atoms with van der Waals surface area (Å²) < 4.78 is 21.4. The first-order valence-corrected chi connectivity index (χ1v) is 16.5. The second-order valence-electron chi connectivity index (χ2n) is 13.7. The molecule has 0 unspecified atom stereocenters. The van der Waals surface area contributed by atoms with Crippen LogP contribution in [0.4, 0.5) is 0 Å². The van der Waals surface area contributed by atoms with Crippen LogP contribution in [-0.4, -0.2) is 45.4 Å². The highest BCUT2D eigenvalue weighted by Crippen LogP contribution is 2.48. The van der Waals surface area contributed by atoms with E-state index in [9.17, 15) is 9.59 Å². The Hall–Kier alpha value is -4.33. The van der Waals surface area contributed by atoms with Crippen LogP contribution in [0.25, 0.3) is 33.8 Å². The number of nitrogens with zero attached hydrogens (tertiary/aromatic N) is 3. The molecule has 0 N–H and O–H groups in total. The maximum absolute atomic E-state index is 13.3. The lowest BCUT2D eigenvalue weighted by Gasteiger charge is -2.24. The summed E-state index contributed by atoms with van der Waals surface area (Å²) >= 11 is 0. The van der Waals surface area contributed by atoms with E-state index in [1.54, 1.807) is 20.4 Å². The Morgan fingerprint density at radius 2 is 1.76 bits per heavy atom. The highest BCUT2D eigenvalue weighted by Gasteiger charge is 2.32. The summed E-state index contributed by atoms with van der Waals surface area (Å²) in [5, 5.41) is 1.15. The number of fused-ring (bicyclic) bond motifs is 5. The average molecular weight is 624 g/mol. The van der Waals surface area contributed by atoms with Crippen LogP contribution in [-0.2, 0) is 16.0 Å². The van der Waals surface area contributed by atoms with Gasteiger partial charge in [-0.25, -0.2) is 14.6 Å². The van der Waals surface area contributed by atoms with E-state index >= 15 is 0 Å². The van der Waals surface area contributed by atoms with E-state index < -0.39 is 11.6 Å². The van der Waals surface area contributed by atoms with E-state index in [1.165, 1.54) is 24.8 Å². The molecule has 0 spiro atoms. The van der Waals surface area contributed by atoms with E-state index in [1.807, 2.05) is 43.5 Å². The maximum atomic E-state index is 13.3. The highest BCUT2D eigenvalue weighted by molar-refractivity contribution is 6.03. The van der Waals surface area contributed by atoms with Gasteiger partial charge in [0.05, 0.1) is 43.5 Å². The normalized spacial score (nSPS) is 15.3. The summed E-state index contributed by atoms with van der Waals surface area (Å²) in [6, 6.07) is 12.3. The van der Waals surface area contributed by atoms with Crippen molar-refractivity contribution in [1.82, 2.24) is 14.1 Å². The molecule has 8 heteroatoms. The molecule has 0 radical (unpaired) electrons. The van der Waals surface area contributed by atoms with Gasteiger partial charge in [-0.15, -0.1) is 0 Å². The molecule has 0 atom stereocenters. The fourth-order valence-corrected chi connectivity index (χ4v) is 7.07. The summed E-state index contributed by atoms with van der Waals surface area (Å²) in [4.78, 5) is 31.2. The fraction of sp³-hybridized carbons (Fsp3) is 0.447. The van der Waals surface area contributed by atoms with Crippen LogP contribution in [0, 0.1) is 0 Å². The number of imidazole rings is 1. The van der Waals surface area contributed by atoms with Gasteiger partial charge in [-0.05, 0) is 113 Å². The molecule has 1 aliphatic carbocycles. The number of esters is 2. The molecule has 1 aliphatic heterocycles. The summed E-state index contributed by atoms with van der Waals surface area (Å²) in [6.45, 7) is 12.4. The van der Waals surface area contributed by atoms with Gasteiger partial charge in [-0.3, -0.25) is 0 Å². The van der Waals surface area contributed by atoms with Crippen LogP contribution in [0.2, 0.25) is 0 Å². The van der Waals surface area contributed by atoms with Crippen molar-refractivity contribution in [3.05, 3.63) is 70.8 Å². The molecule has 4 aromatic rings. The van der Waals surface area contributed by atoms with Crippen molar-refractivity contribution < 1.29 is 23.8 Å². The second-order valence-corrected chi connectivity index (χ2v) is 13.7. The molecule has 2 aromatic heterocycles. The quantitative estimate of drug-likeness (QED) is 0.191. The summed E-state index contributed by atoms with van der Waals surface area (Å²) in [7, 11) is 1.68. The van der Waals surface area contributed by atoms with Gasteiger partial charge in [0.2, 0.25) is 0 Å². The van der Waals surface area contributed by atoms with Crippen molar-refractivity contribution in [3.63, 3.8) is 0 Å². The Labute approximate surface area is 271 Å². The fourth-order valence-electron chi connectivity index (χ4n) is 7.07. The monoisotopic (exact) mass is 623 g/mol. The first kappa shape index (κ1) is 31.6. The molecule has 1 fully saturated rings. The van der Waals surface area contributed by atoms with E-state index in [0.29, 0.717) is 23.7 Å². The van der Waals surface area contributed by atoms with E-state index in [4.69, 9.17) is 14.2 Å². The van der Waals surface area contributed by atoms with Gasteiger partial charge >= 0.3 is 11.9 Å². The van der Waals surface area contributed by atoms with Gasteiger partial charge in [0.1, 0.15) is 11.4 Å². The standard InChI is InChI=1S/C38H45N3O5/c1-8-45-37(43)33-34(41(22-39-33)23(2)3)27-18-26-19-28(44-7)15-17-29(26)35-32(24-12-10-9-11-13-24)30-16-14-25(20-31(30)40(35)21-27)36(42)46-38(4,5)6/h14-20,22-24H,8-13,21H2,1-7H3. The van der Waals surface area contributed by atoms with Gasteiger partial charge in [-0.1, -0.05) is 25.3 Å². The number of aromatic nitrogens is 3. The Balaban J connectivity index is 1.66. The first-order valence-electron chi connectivity index (χ1n) is 16.5. The zero-order valence-electron chi connectivity index (χ0n) is 28.1. The number of benzene rings is 2. The number of rotatable bonds is 7. The van der Waals surface area contributed by atoms with E-state index in [-0.39, 0.29) is 18.6 Å². The zero-order chi connectivity index (χ0) is 32.7. The van der Waals surface area contributed by atoms with Crippen molar-refractivity contribution in [1.29, 1.82) is 0 Å². The summed E-state index contributed by atoms with van der Waals surface area (Å²) in [5.74, 6) is 0.364. The van der Waals surface area contributed by atoms with Crippen molar-refractivity contribution in [2.24, 2.45) is 0 Å². The number of carbonyl (C=O) groups is 2. The zero-order valence-corrected chi connectivity index (χ0v) is 28.1. The molecule has 2 aromatic carbocycles. The molecule has 2 aliphatic rings. The van der Waals surface area contributed by atoms with E-state index in [2.05, 4.69) is 47.7 Å². The SMILES string of the molecule is CCOC(=O)c1ncn(C(C)C)c1C1=Cc2cc(OC)ccc2-c2c(C3CCCCC3)c3ccc(C(=O)OC(C)(C)C)cc3n2C1. The second kappa shape index (κ2) is 12.5. The molecule has 6 rings (SSSR count). The van der Waals surface area contributed by atoms with Crippen molar-refractivity contribution >= 4 is 34.5 Å². The third kappa shape index (κ3) is 5.85. The van der Waals surface area contributed by atoms with Gasteiger partial charge in [0, 0.05) is 22.5 Å². The minimum Gasteiger partial charge on any atom is -0.497 e. The highest BCUT2D eigenvalue weighted by atomic mass is 16.6. The minimum absolute atomic E-state index is 0.0528. The molecule has 0 saturated heterocycles. The first-order chi connectivity index (χ1) is 22.0. The van der Waals surface area contributed by atoms with Gasteiger partial charge < -0.3 is 23.3 Å².